The molecule has 1 fully saturated rings. The average molecular weight is 263 g/mol. The minimum Gasteiger partial charge on any atom is -0.292 e. The second kappa shape index (κ2) is 5.35. The van der Waals surface area contributed by atoms with Crippen LogP contribution in [0.1, 0.15) is 22.3 Å². The Morgan fingerprint density at radius 3 is 2.72 bits per heavy atom. The molecule has 1 aromatic carbocycles. The van der Waals surface area contributed by atoms with Crippen LogP contribution in [0.15, 0.2) is 24.3 Å². The van der Waals surface area contributed by atoms with Gasteiger partial charge in [-0.15, -0.1) is 0 Å². The maximum absolute atomic E-state index is 12.1. The van der Waals surface area contributed by atoms with Crippen molar-refractivity contribution in [1.82, 2.24) is 4.90 Å². The lowest BCUT2D eigenvalue weighted by Crippen LogP contribution is -2.41. The van der Waals surface area contributed by atoms with Crippen LogP contribution in [0.3, 0.4) is 0 Å². The van der Waals surface area contributed by atoms with E-state index in [0.717, 1.165) is 22.2 Å². The number of hydrogen-bond donors (Lipinski definition) is 0. The molecule has 0 aliphatic carbocycles. The third-order valence-electron chi connectivity index (χ3n) is 2.81. The number of aryl methyl sites for hydroxylation is 1. The Labute approximate surface area is 109 Å². The van der Waals surface area contributed by atoms with Crippen LogP contribution in [0.2, 0.25) is 0 Å². The molecule has 1 heterocycles. The summed E-state index contributed by atoms with van der Waals surface area (Å²) in [6.07, 6.45) is 0.317. The molecule has 1 aliphatic rings. The quantitative estimate of drug-likeness (QED) is 0.785. The number of carbonyl (C=O) groups is 3. The Morgan fingerprint density at radius 1 is 1.33 bits per heavy atom. The predicted octanol–water partition coefficient (Wildman–Crippen LogP) is 2.26. The van der Waals surface area contributed by atoms with Gasteiger partial charge in [0, 0.05) is 17.7 Å². The molecule has 1 aromatic rings. The average Bonchev–Trinajstić information content (AvgIpc) is 2.34. The first-order chi connectivity index (χ1) is 8.59. The topological polar surface area (TPSA) is 54.5 Å². The molecule has 4 nitrogen and oxygen atoms in total. The van der Waals surface area contributed by atoms with Gasteiger partial charge in [0.15, 0.2) is 5.78 Å². The number of ketones is 1. The number of imide groups is 1. The van der Waals surface area contributed by atoms with E-state index in [4.69, 9.17) is 0 Å². The van der Waals surface area contributed by atoms with Gasteiger partial charge >= 0.3 is 0 Å². The van der Waals surface area contributed by atoms with E-state index in [2.05, 4.69) is 0 Å². The summed E-state index contributed by atoms with van der Waals surface area (Å²) in [4.78, 5) is 36.3. The molecule has 0 N–H and O–H groups in total. The summed E-state index contributed by atoms with van der Waals surface area (Å²) in [7, 11) is 0. The first-order valence-electron chi connectivity index (χ1n) is 5.65. The lowest BCUT2D eigenvalue weighted by molar-refractivity contribution is -0.127. The lowest BCUT2D eigenvalue weighted by atomic mass is 10.0. The van der Waals surface area contributed by atoms with E-state index in [1.54, 1.807) is 12.1 Å². The molecule has 18 heavy (non-hydrogen) atoms. The van der Waals surface area contributed by atoms with Gasteiger partial charge in [0.2, 0.25) is 5.91 Å². The summed E-state index contributed by atoms with van der Waals surface area (Å²) in [5.74, 6) is 0.0465. The van der Waals surface area contributed by atoms with Crippen LogP contribution in [0, 0.1) is 6.92 Å². The van der Waals surface area contributed by atoms with E-state index < -0.39 is 0 Å². The Balaban J connectivity index is 2.14. The standard InChI is InChI=1S/C13H13NO3S/c1-9-4-2-3-5-10(9)11(15)8-14-12(16)6-7-18-13(14)17/h2-5H,6-8H2,1H3. The fourth-order valence-electron chi connectivity index (χ4n) is 1.81. The number of nitrogens with zero attached hydrogens (tertiary/aromatic N) is 1. The predicted molar refractivity (Wildman–Crippen MR) is 69.7 cm³/mol. The third kappa shape index (κ3) is 2.61. The molecular formula is C13H13NO3S. The molecule has 0 atom stereocenters. The fourth-order valence-corrected chi connectivity index (χ4v) is 2.58. The summed E-state index contributed by atoms with van der Waals surface area (Å²) >= 11 is 1.09. The fraction of sp³-hybridized carbons (Fsp3) is 0.308. The highest BCUT2D eigenvalue weighted by Gasteiger charge is 2.28. The summed E-state index contributed by atoms with van der Waals surface area (Å²) in [6, 6.07) is 7.17. The van der Waals surface area contributed by atoms with Gasteiger partial charge in [0.1, 0.15) is 0 Å². The first-order valence-corrected chi connectivity index (χ1v) is 6.64. The van der Waals surface area contributed by atoms with E-state index in [-0.39, 0.29) is 23.5 Å². The molecule has 0 radical (unpaired) electrons. The van der Waals surface area contributed by atoms with Crippen molar-refractivity contribution < 1.29 is 14.4 Å². The number of carbonyl (C=O) groups excluding carboxylic acids is 3. The molecular weight excluding hydrogens is 250 g/mol. The van der Waals surface area contributed by atoms with Crippen LogP contribution in [0.25, 0.3) is 0 Å². The monoisotopic (exact) mass is 263 g/mol. The second-order valence-corrected chi connectivity index (χ2v) is 5.13. The summed E-state index contributed by atoms with van der Waals surface area (Å²) < 4.78 is 0. The number of hydrogen-bond acceptors (Lipinski definition) is 4. The summed E-state index contributed by atoms with van der Waals surface area (Å²) in [5, 5.41) is -0.326. The maximum Gasteiger partial charge on any atom is 0.288 e. The van der Waals surface area contributed by atoms with Crippen molar-refractivity contribution >= 4 is 28.7 Å². The van der Waals surface area contributed by atoms with Crippen molar-refractivity contribution in [2.45, 2.75) is 13.3 Å². The molecule has 0 saturated carbocycles. The van der Waals surface area contributed by atoms with E-state index in [1.165, 1.54) is 0 Å². The minimum atomic E-state index is -0.326. The van der Waals surface area contributed by atoms with Crippen molar-refractivity contribution in [1.29, 1.82) is 0 Å². The minimum absolute atomic E-state index is 0.157. The second-order valence-electron chi connectivity index (χ2n) is 4.08. The van der Waals surface area contributed by atoms with Gasteiger partial charge in [-0.3, -0.25) is 19.3 Å². The SMILES string of the molecule is Cc1ccccc1C(=O)CN1C(=O)CCSC1=O. The Hall–Kier alpha value is -1.62. The van der Waals surface area contributed by atoms with Crippen LogP contribution in [0.4, 0.5) is 4.79 Å². The van der Waals surface area contributed by atoms with Gasteiger partial charge in [-0.05, 0) is 12.5 Å². The zero-order valence-electron chi connectivity index (χ0n) is 10.0. The molecule has 2 amide bonds. The van der Waals surface area contributed by atoms with Crippen LogP contribution < -0.4 is 0 Å². The molecule has 5 heteroatoms. The number of Topliss-reactive ketones (excluding diaryl/α,β-unsaturated/α-hetero) is 1. The number of benzene rings is 1. The molecule has 2 rings (SSSR count). The smallest absolute Gasteiger partial charge is 0.288 e. The van der Waals surface area contributed by atoms with Crippen LogP contribution in [0.5, 0.6) is 0 Å². The van der Waals surface area contributed by atoms with Crippen LogP contribution >= 0.6 is 11.8 Å². The molecule has 1 saturated heterocycles. The number of thioether (sulfide) groups is 1. The van der Waals surface area contributed by atoms with Gasteiger partial charge in [0.05, 0.1) is 6.54 Å². The lowest BCUT2D eigenvalue weighted by Gasteiger charge is -2.23. The van der Waals surface area contributed by atoms with Crippen molar-refractivity contribution in [3.63, 3.8) is 0 Å². The molecule has 0 spiro atoms. The van der Waals surface area contributed by atoms with E-state index >= 15 is 0 Å². The maximum atomic E-state index is 12.1. The van der Waals surface area contributed by atoms with Gasteiger partial charge < -0.3 is 0 Å². The Bertz CT molecular complexity index is 497. The molecule has 0 bridgehead atoms. The number of rotatable bonds is 3. The Kier molecular flexibility index (Phi) is 3.81. The number of amides is 2. The van der Waals surface area contributed by atoms with Gasteiger partial charge in [-0.25, -0.2) is 0 Å². The summed E-state index contributed by atoms with van der Waals surface area (Å²) in [5.41, 5.74) is 1.42. The highest BCUT2D eigenvalue weighted by Crippen LogP contribution is 2.19. The van der Waals surface area contributed by atoms with Crippen LogP contribution in [-0.2, 0) is 4.79 Å². The zero-order chi connectivity index (χ0) is 13.1. The van der Waals surface area contributed by atoms with E-state index in [0.29, 0.717) is 17.7 Å². The van der Waals surface area contributed by atoms with Crippen molar-refractivity contribution in [3.05, 3.63) is 35.4 Å². The Morgan fingerprint density at radius 2 is 2.06 bits per heavy atom. The summed E-state index contributed by atoms with van der Waals surface area (Å²) in [6.45, 7) is 1.68. The molecule has 94 valence electrons. The van der Waals surface area contributed by atoms with E-state index in [9.17, 15) is 14.4 Å². The molecule has 0 aromatic heterocycles. The van der Waals surface area contributed by atoms with Crippen molar-refractivity contribution in [2.75, 3.05) is 12.3 Å². The largest absolute Gasteiger partial charge is 0.292 e. The van der Waals surface area contributed by atoms with Crippen LogP contribution in [-0.4, -0.2) is 34.1 Å². The normalized spacial score (nSPS) is 15.9. The van der Waals surface area contributed by atoms with E-state index in [1.807, 2.05) is 19.1 Å². The molecule has 0 unspecified atom stereocenters. The zero-order valence-corrected chi connectivity index (χ0v) is 10.8. The van der Waals surface area contributed by atoms with Crippen molar-refractivity contribution in [2.24, 2.45) is 0 Å². The highest BCUT2D eigenvalue weighted by atomic mass is 32.2. The highest BCUT2D eigenvalue weighted by molar-refractivity contribution is 8.13. The third-order valence-corrected chi connectivity index (χ3v) is 3.69. The molecule has 1 aliphatic heterocycles. The van der Waals surface area contributed by atoms with Gasteiger partial charge in [-0.2, -0.15) is 0 Å². The van der Waals surface area contributed by atoms with Crippen molar-refractivity contribution in [3.8, 4) is 0 Å². The van der Waals surface area contributed by atoms with Gasteiger partial charge in [0.25, 0.3) is 5.24 Å². The first kappa shape index (κ1) is 12.8. The van der Waals surface area contributed by atoms with Gasteiger partial charge in [-0.1, -0.05) is 36.0 Å².